The number of likely N-dealkylation sites (tertiary alicyclic amines) is 2. The number of primary amides is 1. The van der Waals surface area contributed by atoms with Gasteiger partial charge < -0.3 is 10.6 Å². The number of nitrogens with two attached hydrogens (primary N) is 1. The molecule has 3 rings (SSSR count). The number of hydrogen-bond acceptors (Lipinski definition) is 3. The van der Waals surface area contributed by atoms with E-state index in [1.54, 1.807) is 0 Å². The third-order valence-electron chi connectivity index (χ3n) is 5.78. The van der Waals surface area contributed by atoms with Crippen molar-refractivity contribution in [1.29, 1.82) is 0 Å². The predicted molar refractivity (Wildman–Crippen MR) is 93.0 cm³/mol. The number of carbonyl (C=O) groups excluding carboxylic acids is 2. The zero-order chi connectivity index (χ0) is 17.2. The van der Waals surface area contributed by atoms with Gasteiger partial charge in [0.1, 0.15) is 0 Å². The van der Waals surface area contributed by atoms with E-state index in [4.69, 9.17) is 5.73 Å². The molecule has 130 valence electrons. The summed E-state index contributed by atoms with van der Waals surface area (Å²) in [5, 5.41) is 0. The number of hydrogen-bond donors (Lipinski definition) is 1. The van der Waals surface area contributed by atoms with Crippen molar-refractivity contribution < 1.29 is 9.59 Å². The van der Waals surface area contributed by atoms with Crippen LogP contribution in [-0.4, -0.2) is 47.3 Å². The summed E-state index contributed by atoms with van der Waals surface area (Å²) >= 11 is 0. The van der Waals surface area contributed by atoms with E-state index in [-0.39, 0.29) is 23.3 Å². The van der Waals surface area contributed by atoms with Crippen molar-refractivity contribution in [2.24, 2.45) is 11.1 Å². The van der Waals surface area contributed by atoms with Crippen molar-refractivity contribution >= 4 is 11.8 Å². The van der Waals surface area contributed by atoms with Gasteiger partial charge in [0.2, 0.25) is 11.8 Å². The summed E-state index contributed by atoms with van der Waals surface area (Å²) in [4.78, 5) is 27.9. The largest absolute Gasteiger partial charge is 0.368 e. The van der Waals surface area contributed by atoms with Gasteiger partial charge in [0.25, 0.3) is 0 Å². The molecule has 1 aromatic rings. The minimum Gasteiger partial charge on any atom is -0.368 e. The van der Waals surface area contributed by atoms with E-state index >= 15 is 0 Å². The van der Waals surface area contributed by atoms with Gasteiger partial charge in [0, 0.05) is 19.5 Å². The SMILES string of the molecule is C[C@H](C(N)=O)N1CCC2(CCC(=O)N(Cc3ccccc3)C2)CC1. The highest BCUT2D eigenvalue weighted by Gasteiger charge is 2.41. The van der Waals surface area contributed by atoms with Crippen LogP contribution in [0.1, 0.15) is 38.2 Å². The zero-order valence-electron chi connectivity index (χ0n) is 14.4. The molecule has 1 spiro atoms. The van der Waals surface area contributed by atoms with Crippen molar-refractivity contribution in [3.63, 3.8) is 0 Å². The molecule has 24 heavy (non-hydrogen) atoms. The maximum Gasteiger partial charge on any atom is 0.234 e. The molecule has 1 atom stereocenters. The second-order valence-corrected chi connectivity index (χ2v) is 7.35. The molecular formula is C19H27N3O2. The quantitative estimate of drug-likeness (QED) is 0.915. The van der Waals surface area contributed by atoms with Crippen LogP contribution in [0.4, 0.5) is 0 Å². The van der Waals surface area contributed by atoms with Crippen molar-refractivity contribution in [3.8, 4) is 0 Å². The van der Waals surface area contributed by atoms with Gasteiger partial charge in [-0.1, -0.05) is 30.3 Å². The average Bonchev–Trinajstić information content (AvgIpc) is 2.59. The van der Waals surface area contributed by atoms with Crippen LogP contribution in [0.15, 0.2) is 30.3 Å². The summed E-state index contributed by atoms with van der Waals surface area (Å²) in [6, 6.07) is 9.98. The van der Waals surface area contributed by atoms with E-state index in [0.717, 1.165) is 38.9 Å². The van der Waals surface area contributed by atoms with Gasteiger partial charge in [-0.05, 0) is 50.3 Å². The normalized spacial score (nSPS) is 22.5. The van der Waals surface area contributed by atoms with Gasteiger partial charge >= 0.3 is 0 Å². The standard InChI is InChI=1S/C19H27N3O2/c1-15(18(20)24)21-11-9-19(10-12-21)8-7-17(23)22(14-19)13-16-5-3-2-4-6-16/h2-6,15H,7-14H2,1H3,(H2,20,24)/t15-/m1/s1. The first-order valence-electron chi connectivity index (χ1n) is 8.84. The van der Waals surface area contributed by atoms with E-state index in [9.17, 15) is 9.59 Å². The molecule has 0 bridgehead atoms. The Morgan fingerprint density at radius 3 is 2.50 bits per heavy atom. The Morgan fingerprint density at radius 1 is 1.21 bits per heavy atom. The van der Waals surface area contributed by atoms with E-state index in [0.29, 0.717) is 13.0 Å². The fourth-order valence-corrected chi connectivity index (χ4v) is 4.02. The van der Waals surface area contributed by atoms with Gasteiger partial charge in [0.15, 0.2) is 0 Å². The van der Waals surface area contributed by atoms with Gasteiger partial charge in [-0.25, -0.2) is 0 Å². The fourth-order valence-electron chi connectivity index (χ4n) is 4.02. The highest BCUT2D eigenvalue weighted by Crippen LogP contribution is 2.40. The van der Waals surface area contributed by atoms with Crippen LogP contribution in [0, 0.1) is 5.41 Å². The lowest BCUT2D eigenvalue weighted by Gasteiger charge is -2.48. The highest BCUT2D eigenvalue weighted by molar-refractivity contribution is 5.79. The molecule has 2 fully saturated rings. The van der Waals surface area contributed by atoms with Gasteiger partial charge in [-0.3, -0.25) is 14.5 Å². The Hall–Kier alpha value is -1.88. The summed E-state index contributed by atoms with van der Waals surface area (Å²) in [5.41, 5.74) is 6.82. The molecule has 5 nitrogen and oxygen atoms in total. The van der Waals surface area contributed by atoms with Crippen LogP contribution in [0.5, 0.6) is 0 Å². The molecule has 2 aliphatic rings. The third kappa shape index (κ3) is 3.61. The number of benzene rings is 1. The smallest absolute Gasteiger partial charge is 0.234 e. The number of amides is 2. The van der Waals surface area contributed by atoms with Crippen molar-refractivity contribution in [2.45, 2.75) is 45.2 Å². The number of rotatable bonds is 4. The van der Waals surface area contributed by atoms with Gasteiger partial charge in [-0.15, -0.1) is 0 Å². The molecule has 2 N–H and O–H groups in total. The maximum atomic E-state index is 12.3. The lowest BCUT2D eigenvalue weighted by Crippen LogP contribution is -2.54. The van der Waals surface area contributed by atoms with Gasteiger partial charge in [0.05, 0.1) is 6.04 Å². The monoisotopic (exact) mass is 329 g/mol. The van der Waals surface area contributed by atoms with Gasteiger partial charge in [-0.2, -0.15) is 0 Å². The second-order valence-electron chi connectivity index (χ2n) is 7.35. The lowest BCUT2D eigenvalue weighted by molar-refractivity contribution is -0.140. The molecule has 0 unspecified atom stereocenters. The van der Waals surface area contributed by atoms with Crippen LogP contribution < -0.4 is 5.73 Å². The Kier molecular flexibility index (Phi) is 4.90. The molecule has 0 saturated carbocycles. The van der Waals surface area contributed by atoms with E-state index in [1.807, 2.05) is 30.0 Å². The topological polar surface area (TPSA) is 66.6 Å². The van der Waals surface area contributed by atoms with Crippen LogP contribution in [0.3, 0.4) is 0 Å². The van der Waals surface area contributed by atoms with E-state index in [1.165, 1.54) is 5.56 Å². The summed E-state index contributed by atoms with van der Waals surface area (Å²) in [7, 11) is 0. The second kappa shape index (κ2) is 6.93. The van der Waals surface area contributed by atoms with Crippen molar-refractivity contribution in [3.05, 3.63) is 35.9 Å². The predicted octanol–water partition coefficient (Wildman–Crippen LogP) is 1.76. The Labute approximate surface area is 143 Å². The summed E-state index contributed by atoms with van der Waals surface area (Å²) < 4.78 is 0. The van der Waals surface area contributed by atoms with E-state index in [2.05, 4.69) is 17.0 Å². The molecule has 0 aliphatic carbocycles. The zero-order valence-corrected chi connectivity index (χ0v) is 14.4. The lowest BCUT2D eigenvalue weighted by atomic mass is 9.72. The minimum atomic E-state index is -0.254. The van der Waals surface area contributed by atoms with Crippen LogP contribution in [0.2, 0.25) is 0 Å². The first-order chi connectivity index (χ1) is 11.5. The van der Waals surface area contributed by atoms with E-state index < -0.39 is 0 Å². The molecule has 2 heterocycles. The summed E-state index contributed by atoms with van der Waals surface area (Å²) in [5.74, 6) is 0.00730. The van der Waals surface area contributed by atoms with Crippen LogP contribution in [0.25, 0.3) is 0 Å². The first-order valence-corrected chi connectivity index (χ1v) is 8.84. The molecule has 0 radical (unpaired) electrons. The summed E-state index contributed by atoms with van der Waals surface area (Å²) in [6.07, 6.45) is 3.67. The third-order valence-corrected chi connectivity index (χ3v) is 5.78. The minimum absolute atomic E-state index is 0.201. The van der Waals surface area contributed by atoms with Crippen molar-refractivity contribution in [2.75, 3.05) is 19.6 Å². The maximum absolute atomic E-state index is 12.3. The average molecular weight is 329 g/mol. The summed E-state index contributed by atoms with van der Waals surface area (Å²) in [6.45, 7) is 5.18. The first kappa shape index (κ1) is 17.0. The molecule has 1 aromatic carbocycles. The Balaban J connectivity index is 1.63. The molecule has 2 aliphatic heterocycles. The number of piperidine rings is 2. The Morgan fingerprint density at radius 2 is 1.88 bits per heavy atom. The Bertz CT molecular complexity index is 594. The van der Waals surface area contributed by atoms with Crippen LogP contribution >= 0.6 is 0 Å². The molecular weight excluding hydrogens is 302 g/mol. The highest BCUT2D eigenvalue weighted by atomic mass is 16.2. The fraction of sp³-hybridized carbons (Fsp3) is 0.579. The van der Waals surface area contributed by atoms with Crippen LogP contribution in [-0.2, 0) is 16.1 Å². The molecule has 2 saturated heterocycles. The molecule has 2 amide bonds. The molecule has 0 aromatic heterocycles. The number of nitrogens with zero attached hydrogens (tertiary/aromatic N) is 2. The molecule has 5 heteroatoms. The number of carbonyl (C=O) groups is 2. The van der Waals surface area contributed by atoms with Crippen molar-refractivity contribution in [1.82, 2.24) is 9.80 Å².